The number of benzene rings is 1. The van der Waals surface area contributed by atoms with E-state index in [-0.39, 0.29) is 11.9 Å². The van der Waals surface area contributed by atoms with Crippen LogP contribution in [0.1, 0.15) is 25.7 Å². The van der Waals surface area contributed by atoms with Gasteiger partial charge < -0.3 is 15.7 Å². The van der Waals surface area contributed by atoms with E-state index in [1.807, 2.05) is 0 Å². The van der Waals surface area contributed by atoms with Gasteiger partial charge in [-0.25, -0.2) is 9.37 Å². The van der Waals surface area contributed by atoms with Gasteiger partial charge in [-0.05, 0) is 65.9 Å². The van der Waals surface area contributed by atoms with Gasteiger partial charge in [-0.3, -0.25) is 0 Å². The van der Waals surface area contributed by atoms with Crippen molar-refractivity contribution in [1.82, 2.24) is 9.97 Å². The summed E-state index contributed by atoms with van der Waals surface area (Å²) in [7, 11) is 0. The lowest BCUT2D eigenvalue weighted by atomic mass is 9.93. The highest BCUT2D eigenvalue weighted by Gasteiger charge is 2.20. The number of aliphatic hydroxyl groups is 1. The number of rotatable bonds is 4. The van der Waals surface area contributed by atoms with Crippen molar-refractivity contribution in [3.63, 3.8) is 0 Å². The molecule has 0 bridgehead atoms. The molecule has 1 aliphatic rings. The van der Waals surface area contributed by atoms with Gasteiger partial charge in [0.05, 0.1) is 10.6 Å². The minimum Gasteiger partial charge on any atom is -0.393 e. The SMILES string of the molecule is OC1CCC(Nc2nc(Nc3ccc(F)cc3)ncc2Br)CC1. The monoisotopic (exact) mass is 380 g/mol. The van der Waals surface area contributed by atoms with Crippen molar-refractivity contribution in [1.29, 1.82) is 0 Å². The quantitative estimate of drug-likeness (QED) is 0.751. The molecular formula is C16H18BrFN4O. The maximum absolute atomic E-state index is 12.9. The molecular weight excluding hydrogens is 363 g/mol. The number of hydrogen-bond acceptors (Lipinski definition) is 5. The molecule has 23 heavy (non-hydrogen) atoms. The van der Waals surface area contributed by atoms with Gasteiger partial charge in [0, 0.05) is 17.9 Å². The fourth-order valence-electron chi connectivity index (χ4n) is 2.60. The van der Waals surface area contributed by atoms with Crippen LogP contribution in [0.3, 0.4) is 0 Å². The van der Waals surface area contributed by atoms with E-state index >= 15 is 0 Å². The number of aromatic nitrogens is 2. The summed E-state index contributed by atoms with van der Waals surface area (Å²) in [5.41, 5.74) is 0.723. The van der Waals surface area contributed by atoms with Gasteiger partial charge in [-0.2, -0.15) is 4.98 Å². The molecule has 1 aromatic carbocycles. The second kappa shape index (κ2) is 7.23. The smallest absolute Gasteiger partial charge is 0.229 e. The molecule has 0 spiro atoms. The van der Waals surface area contributed by atoms with E-state index in [1.165, 1.54) is 12.1 Å². The third kappa shape index (κ3) is 4.39. The van der Waals surface area contributed by atoms with Gasteiger partial charge in [0.2, 0.25) is 5.95 Å². The Hall–Kier alpha value is -1.73. The Morgan fingerprint density at radius 3 is 2.52 bits per heavy atom. The van der Waals surface area contributed by atoms with E-state index in [2.05, 4.69) is 36.5 Å². The molecule has 0 atom stereocenters. The van der Waals surface area contributed by atoms with Crippen LogP contribution in [-0.2, 0) is 0 Å². The lowest BCUT2D eigenvalue weighted by molar-refractivity contribution is 0.126. The van der Waals surface area contributed by atoms with Gasteiger partial charge in [-0.1, -0.05) is 0 Å². The Balaban J connectivity index is 1.70. The summed E-state index contributed by atoms with van der Waals surface area (Å²) < 4.78 is 13.7. The molecule has 1 fully saturated rings. The molecule has 0 amide bonds. The summed E-state index contributed by atoms with van der Waals surface area (Å²) >= 11 is 3.45. The molecule has 0 saturated heterocycles. The summed E-state index contributed by atoms with van der Waals surface area (Å²) in [5, 5.41) is 16.0. The Morgan fingerprint density at radius 2 is 1.83 bits per heavy atom. The van der Waals surface area contributed by atoms with Crippen molar-refractivity contribution in [2.75, 3.05) is 10.6 Å². The molecule has 1 aliphatic carbocycles. The summed E-state index contributed by atoms with van der Waals surface area (Å²) in [4.78, 5) is 8.69. The normalized spacial score (nSPS) is 21.0. The lowest BCUT2D eigenvalue weighted by Crippen LogP contribution is -2.28. The van der Waals surface area contributed by atoms with E-state index in [0.717, 1.165) is 35.8 Å². The fraction of sp³-hybridized carbons (Fsp3) is 0.375. The standard InChI is InChI=1S/C16H18BrFN4O/c17-14-9-19-16(21-12-3-1-10(18)2-4-12)22-15(14)20-11-5-7-13(23)8-6-11/h1-4,9,11,13,23H,5-8H2,(H2,19,20,21,22). The number of nitrogens with one attached hydrogen (secondary N) is 2. The van der Waals surface area contributed by atoms with Crippen LogP contribution in [0.4, 0.5) is 21.8 Å². The minimum atomic E-state index is -0.283. The maximum Gasteiger partial charge on any atom is 0.229 e. The van der Waals surface area contributed by atoms with Crippen molar-refractivity contribution < 1.29 is 9.50 Å². The van der Waals surface area contributed by atoms with E-state index in [4.69, 9.17) is 0 Å². The van der Waals surface area contributed by atoms with Crippen molar-refractivity contribution in [3.05, 3.63) is 40.8 Å². The summed E-state index contributed by atoms with van der Waals surface area (Å²) in [5.74, 6) is 0.873. The first-order valence-corrected chi connectivity index (χ1v) is 8.39. The third-order valence-corrected chi connectivity index (χ3v) is 4.46. The summed E-state index contributed by atoms with van der Waals surface area (Å²) in [6, 6.07) is 6.33. The van der Waals surface area contributed by atoms with Gasteiger partial charge in [0.1, 0.15) is 11.6 Å². The van der Waals surface area contributed by atoms with E-state index in [1.54, 1.807) is 18.3 Å². The van der Waals surface area contributed by atoms with Gasteiger partial charge in [0.15, 0.2) is 0 Å². The highest BCUT2D eigenvalue weighted by Crippen LogP contribution is 2.26. The Kier molecular flexibility index (Phi) is 5.07. The van der Waals surface area contributed by atoms with E-state index in [9.17, 15) is 9.50 Å². The second-order valence-electron chi connectivity index (χ2n) is 5.67. The maximum atomic E-state index is 12.9. The number of nitrogens with zero attached hydrogens (tertiary/aromatic N) is 2. The van der Waals surface area contributed by atoms with Crippen LogP contribution in [0.2, 0.25) is 0 Å². The van der Waals surface area contributed by atoms with E-state index in [0.29, 0.717) is 17.8 Å². The summed E-state index contributed by atoms with van der Waals surface area (Å²) in [6.07, 6.45) is 4.94. The highest BCUT2D eigenvalue weighted by atomic mass is 79.9. The van der Waals surface area contributed by atoms with Crippen molar-refractivity contribution in [2.24, 2.45) is 0 Å². The Bertz CT molecular complexity index is 660. The fourth-order valence-corrected chi connectivity index (χ4v) is 2.91. The Labute approximate surface area is 142 Å². The first-order chi connectivity index (χ1) is 11.1. The average molecular weight is 381 g/mol. The van der Waals surface area contributed by atoms with Crippen LogP contribution in [0.25, 0.3) is 0 Å². The first-order valence-electron chi connectivity index (χ1n) is 7.60. The van der Waals surface area contributed by atoms with Gasteiger partial charge >= 0.3 is 0 Å². The van der Waals surface area contributed by atoms with Gasteiger partial charge in [0.25, 0.3) is 0 Å². The number of anilines is 3. The highest BCUT2D eigenvalue weighted by molar-refractivity contribution is 9.10. The number of halogens is 2. The molecule has 3 rings (SSSR count). The van der Waals surface area contributed by atoms with Crippen LogP contribution < -0.4 is 10.6 Å². The van der Waals surface area contributed by atoms with E-state index < -0.39 is 0 Å². The molecule has 0 unspecified atom stereocenters. The zero-order chi connectivity index (χ0) is 16.2. The topological polar surface area (TPSA) is 70.1 Å². The Morgan fingerprint density at radius 1 is 1.13 bits per heavy atom. The largest absolute Gasteiger partial charge is 0.393 e. The molecule has 1 saturated carbocycles. The summed E-state index contributed by atoms with van der Waals surface area (Å²) in [6.45, 7) is 0. The van der Waals surface area contributed by atoms with Crippen LogP contribution in [0.15, 0.2) is 34.9 Å². The van der Waals surface area contributed by atoms with Crippen LogP contribution >= 0.6 is 15.9 Å². The molecule has 3 N–H and O–H groups in total. The lowest BCUT2D eigenvalue weighted by Gasteiger charge is -2.27. The van der Waals surface area contributed by atoms with Crippen LogP contribution in [0, 0.1) is 5.82 Å². The van der Waals surface area contributed by atoms with Crippen molar-refractivity contribution in [3.8, 4) is 0 Å². The zero-order valence-electron chi connectivity index (χ0n) is 12.5. The molecule has 0 radical (unpaired) electrons. The molecule has 2 aromatic rings. The van der Waals surface area contributed by atoms with Gasteiger partial charge in [-0.15, -0.1) is 0 Å². The molecule has 122 valence electrons. The molecule has 5 nitrogen and oxygen atoms in total. The molecule has 0 aliphatic heterocycles. The molecule has 7 heteroatoms. The second-order valence-corrected chi connectivity index (χ2v) is 6.53. The van der Waals surface area contributed by atoms with Crippen LogP contribution in [0.5, 0.6) is 0 Å². The van der Waals surface area contributed by atoms with Crippen molar-refractivity contribution in [2.45, 2.75) is 37.8 Å². The average Bonchev–Trinajstić information content (AvgIpc) is 2.55. The molecule has 1 aromatic heterocycles. The predicted octanol–water partition coefficient (Wildman–Crippen LogP) is 3.84. The first kappa shape index (κ1) is 16.1. The third-order valence-electron chi connectivity index (χ3n) is 3.88. The number of hydrogen-bond donors (Lipinski definition) is 3. The van der Waals surface area contributed by atoms with Crippen LogP contribution in [-0.4, -0.2) is 27.2 Å². The predicted molar refractivity (Wildman–Crippen MR) is 91.3 cm³/mol. The number of aliphatic hydroxyl groups excluding tert-OH is 1. The van der Waals surface area contributed by atoms with Crippen molar-refractivity contribution >= 4 is 33.4 Å². The zero-order valence-corrected chi connectivity index (χ0v) is 14.1. The minimum absolute atomic E-state index is 0.183. The molecule has 1 heterocycles.